The van der Waals surface area contributed by atoms with Gasteiger partial charge in [-0.25, -0.2) is 26.8 Å². The average Bonchev–Trinajstić information content (AvgIpc) is 3.30. The van der Waals surface area contributed by atoms with Crippen LogP contribution >= 0.6 is 11.8 Å². The van der Waals surface area contributed by atoms with Crippen molar-refractivity contribution >= 4 is 48.3 Å². The number of aromatic nitrogens is 3. The molecule has 13 heteroatoms. The number of anilines is 2. The summed E-state index contributed by atoms with van der Waals surface area (Å²) in [5.74, 6) is 0.527. The maximum absolute atomic E-state index is 12.8. The largest absolute Gasteiger partial charge is 0.353 e. The number of thioether (sulfide) groups is 1. The SMILES string of the molecule is CC(C)C1=NC(c2cccc(NS(=O)(=O)c3cccnc3)c2)C(c2ccnc(NCCS(C)(=O)=O)n2)S1. The van der Waals surface area contributed by atoms with Crippen molar-refractivity contribution < 1.29 is 16.8 Å². The van der Waals surface area contributed by atoms with Gasteiger partial charge in [-0.3, -0.25) is 14.7 Å². The number of sulfone groups is 1. The molecule has 196 valence electrons. The average molecular weight is 561 g/mol. The second kappa shape index (κ2) is 11.2. The van der Waals surface area contributed by atoms with Crippen molar-refractivity contribution in [3.05, 3.63) is 72.3 Å². The Balaban J connectivity index is 1.60. The van der Waals surface area contributed by atoms with Crippen molar-refractivity contribution in [1.82, 2.24) is 15.0 Å². The second-order valence-electron chi connectivity index (χ2n) is 8.89. The lowest BCUT2D eigenvalue weighted by Gasteiger charge is -2.19. The van der Waals surface area contributed by atoms with Crippen molar-refractivity contribution in [2.45, 2.75) is 30.0 Å². The van der Waals surface area contributed by atoms with Gasteiger partial charge >= 0.3 is 0 Å². The van der Waals surface area contributed by atoms with E-state index in [1.165, 1.54) is 24.7 Å². The molecule has 0 fully saturated rings. The summed E-state index contributed by atoms with van der Waals surface area (Å²) in [6, 6.07) is 11.8. The molecule has 0 bridgehead atoms. The minimum Gasteiger partial charge on any atom is -0.353 e. The van der Waals surface area contributed by atoms with Gasteiger partial charge < -0.3 is 5.32 Å². The molecule has 3 heterocycles. The molecule has 0 radical (unpaired) electrons. The molecule has 2 atom stereocenters. The second-order valence-corrected chi connectivity index (χ2v) is 14.0. The molecule has 1 aliphatic rings. The summed E-state index contributed by atoms with van der Waals surface area (Å²) in [6.07, 6.45) is 5.63. The molecule has 2 aromatic heterocycles. The summed E-state index contributed by atoms with van der Waals surface area (Å²) in [7, 11) is -6.90. The first-order chi connectivity index (χ1) is 17.5. The van der Waals surface area contributed by atoms with Gasteiger partial charge in [-0.1, -0.05) is 37.7 Å². The molecule has 1 aliphatic heterocycles. The first-order valence-corrected chi connectivity index (χ1v) is 16.0. The van der Waals surface area contributed by atoms with Crippen LogP contribution in [0.2, 0.25) is 0 Å². The first kappa shape index (κ1) is 27.0. The van der Waals surface area contributed by atoms with Gasteiger partial charge in [0.25, 0.3) is 10.0 Å². The zero-order valence-electron chi connectivity index (χ0n) is 20.6. The Morgan fingerprint density at radius 2 is 1.86 bits per heavy atom. The standard InChI is InChI=1S/C24H28N6O4S3/c1-16(2)23-29-21(22(35-23)20-9-11-26-24(28-20)27-12-13-36(3,31)32)17-6-4-7-18(14-17)30-37(33,34)19-8-5-10-25-15-19/h4-11,14-16,21-22,30H,12-13H2,1-3H3,(H,26,27,28). The minimum absolute atomic E-state index is 0.0241. The molecule has 2 unspecified atom stereocenters. The Kier molecular flexibility index (Phi) is 8.14. The maximum atomic E-state index is 12.8. The van der Waals surface area contributed by atoms with Crippen LogP contribution in [0.4, 0.5) is 11.6 Å². The van der Waals surface area contributed by atoms with E-state index in [0.717, 1.165) is 16.3 Å². The van der Waals surface area contributed by atoms with Gasteiger partial charge in [-0.15, -0.1) is 0 Å². The number of nitrogens with zero attached hydrogens (tertiary/aromatic N) is 4. The lowest BCUT2D eigenvalue weighted by atomic mass is 10.0. The summed E-state index contributed by atoms with van der Waals surface area (Å²) in [5.41, 5.74) is 2.00. The topological polar surface area (TPSA) is 143 Å². The monoisotopic (exact) mass is 560 g/mol. The summed E-state index contributed by atoms with van der Waals surface area (Å²) in [6.45, 7) is 4.35. The zero-order chi connectivity index (χ0) is 26.6. The highest BCUT2D eigenvalue weighted by molar-refractivity contribution is 8.14. The third-order valence-electron chi connectivity index (χ3n) is 5.44. The van der Waals surface area contributed by atoms with Crippen molar-refractivity contribution in [1.29, 1.82) is 0 Å². The van der Waals surface area contributed by atoms with Gasteiger partial charge in [0.05, 0.1) is 27.8 Å². The normalized spacial score (nSPS) is 18.0. The minimum atomic E-state index is -3.79. The highest BCUT2D eigenvalue weighted by Crippen LogP contribution is 2.49. The summed E-state index contributed by atoms with van der Waals surface area (Å²) < 4.78 is 51.1. The van der Waals surface area contributed by atoms with Crippen molar-refractivity contribution in [2.24, 2.45) is 10.9 Å². The highest BCUT2D eigenvalue weighted by atomic mass is 32.2. The van der Waals surface area contributed by atoms with Crippen molar-refractivity contribution in [3.8, 4) is 0 Å². The molecule has 0 spiro atoms. The highest BCUT2D eigenvalue weighted by Gasteiger charge is 2.35. The van der Waals surface area contributed by atoms with Crippen LogP contribution < -0.4 is 10.0 Å². The number of sulfonamides is 1. The van der Waals surface area contributed by atoms with E-state index in [2.05, 4.69) is 38.8 Å². The van der Waals surface area contributed by atoms with Crippen molar-refractivity contribution in [2.75, 3.05) is 28.6 Å². The van der Waals surface area contributed by atoms with E-state index in [0.29, 0.717) is 11.6 Å². The van der Waals surface area contributed by atoms with Gasteiger partial charge in [-0.2, -0.15) is 0 Å². The van der Waals surface area contributed by atoms with Gasteiger partial charge in [0.1, 0.15) is 14.7 Å². The fourth-order valence-electron chi connectivity index (χ4n) is 3.66. The van der Waals surface area contributed by atoms with Crippen LogP contribution in [0.1, 0.15) is 36.4 Å². The molecule has 0 amide bonds. The Hall–Kier alpha value is -3.03. The van der Waals surface area contributed by atoms with Crippen molar-refractivity contribution in [3.63, 3.8) is 0 Å². The fourth-order valence-corrected chi connectivity index (χ4v) is 6.45. The van der Waals surface area contributed by atoms with Gasteiger partial charge in [0, 0.05) is 43.0 Å². The molecule has 0 saturated heterocycles. The predicted molar refractivity (Wildman–Crippen MR) is 147 cm³/mol. The summed E-state index contributed by atoms with van der Waals surface area (Å²) in [5, 5.41) is 3.78. The van der Waals surface area contributed by atoms with E-state index in [1.54, 1.807) is 42.2 Å². The number of rotatable bonds is 10. The molecule has 4 rings (SSSR count). The Morgan fingerprint density at radius 1 is 1.05 bits per heavy atom. The van der Waals surface area contributed by atoms with E-state index >= 15 is 0 Å². The molecule has 0 saturated carbocycles. The molecule has 0 aliphatic carbocycles. The Bertz CT molecular complexity index is 1500. The van der Waals surface area contributed by atoms with Gasteiger partial charge in [-0.05, 0) is 35.9 Å². The molecule has 3 aromatic rings. The molecule has 37 heavy (non-hydrogen) atoms. The Labute approximate surface area is 221 Å². The number of aliphatic imine (C=N–C) groups is 1. The van der Waals surface area contributed by atoms with Gasteiger partial charge in [0.2, 0.25) is 5.95 Å². The fraction of sp³-hybridized carbons (Fsp3) is 0.333. The molecule has 10 nitrogen and oxygen atoms in total. The molecular formula is C24H28N6O4S3. The number of hydrogen-bond donors (Lipinski definition) is 2. The number of hydrogen-bond acceptors (Lipinski definition) is 10. The Morgan fingerprint density at radius 3 is 2.57 bits per heavy atom. The van der Waals surface area contributed by atoms with Crippen LogP contribution in [0.5, 0.6) is 0 Å². The van der Waals surface area contributed by atoms with E-state index in [4.69, 9.17) is 4.99 Å². The van der Waals surface area contributed by atoms with E-state index < -0.39 is 19.9 Å². The molecular weight excluding hydrogens is 533 g/mol. The van der Waals surface area contributed by atoms with E-state index in [1.807, 2.05) is 12.1 Å². The zero-order valence-corrected chi connectivity index (χ0v) is 23.0. The van der Waals surface area contributed by atoms with Crippen LogP contribution in [0.3, 0.4) is 0 Å². The molecule has 1 aromatic carbocycles. The maximum Gasteiger partial charge on any atom is 0.263 e. The third kappa shape index (κ3) is 7.05. The predicted octanol–water partition coefficient (Wildman–Crippen LogP) is 3.71. The summed E-state index contributed by atoms with van der Waals surface area (Å²) >= 11 is 1.62. The van der Waals surface area contributed by atoms with E-state index in [-0.39, 0.29) is 34.4 Å². The van der Waals surface area contributed by atoms with Crippen LogP contribution in [0, 0.1) is 5.92 Å². The van der Waals surface area contributed by atoms with E-state index in [9.17, 15) is 16.8 Å². The van der Waals surface area contributed by atoms with Crippen LogP contribution in [0.15, 0.2) is 70.9 Å². The van der Waals surface area contributed by atoms with Gasteiger partial charge in [0.15, 0.2) is 0 Å². The number of benzene rings is 1. The smallest absolute Gasteiger partial charge is 0.263 e. The van der Waals surface area contributed by atoms with Crippen LogP contribution in [0.25, 0.3) is 0 Å². The first-order valence-electron chi connectivity index (χ1n) is 11.5. The van der Waals surface area contributed by atoms with Crippen LogP contribution in [-0.2, 0) is 19.9 Å². The number of pyridine rings is 1. The lowest BCUT2D eigenvalue weighted by molar-refractivity contribution is 0.599. The van der Waals surface area contributed by atoms with Crippen LogP contribution in [-0.4, -0.2) is 55.4 Å². The molecule has 2 N–H and O–H groups in total. The quantitative estimate of drug-likeness (QED) is 0.379. The lowest BCUT2D eigenvalue weighted by Crippen LogP contribution is -2.16. The number of nitrogens with one attached hydrogen (secondary N) is 2. The third-order valence-corrected chi connectivity index (χ3v) is 9.33. The summed E-state index contributed by atoms with van der Waals surface area (Å²) in [4.78, 5) is 17.8.